The second-order valence-corrected chi connectivity index (χ2v) is 6.09. The topological polar surface area (TPSA) is 46.7 Å². The lowest BCUT2D eigenvalue weighted by Crippen LogP contribution is -3.11. The number of rotatable bonds is 5. The van der Waals surface area contributed by atoms with Crippen LogP contribution in [0.2, 0.25) is 5.02 Å². The minimum Gasteiger partial charge on any atom is -0.463 e. The van der Waals surface area contributed by atoms with E-state index in [1.807, 2.05) is 12.1 Å². The van der Waals surface area contributed by atoms with E-state index in [0.29, 0.717) is 17.1 Å². The van der Waals surface area contributed by atoms with E-state index in [9.17, 15) is 4.79 Å². The van der Waals surface area contributed by atoms with Crippen LogP contribution in [0.1, 0.15) is 35.0 Å². The van der Waals surface area contributed by atoms with Crippen LogP contribution in [-0.2, 0) is 0 Å². The predicted octanol–water partition coefficient (Wildman–Crippen LogP) is 2.08. The van der Waals surface area contributed by atoms with Gasteiger partial charge in [-0.25, -0.2) is 0 Å². The predicted molar refractivity (Wildman–Crippen MR) is 85.2 cm³/mol. The smallest absolute Gasteiger partial charge is 0.251 e. The first-order valence-electron chi connectivity index (χ1n) is 7.66. The molecule has 1 aliphatic heterocycles. The summed E-state index contributed by atoms with van der Waals surface area (Å²) in [4.78, 5) is 13.7. The Kier molecular flexibility index (Phi) is 4.80. The number of furan rings is 1. The molecule has 1 atom stereocenters. The Labute approximate surface area is 135 Å². The largest absolute Gasteiger partial charge is 0.463 e. The Morgan fingerprint density at radius 2 is 1.95 bits per heavy atom. The van der Waals surface area contributed by atoms with E-state index in [1.54, 1.807) is 30.5 Å². The zero-order valence-corrected chi connectivity index (χ0v) is 13.1. The van der Waals surface area contributed by atoms with E-state index in [-0.39, 0.29) is 11.9 Å². The van der Waals surface area contributed by atoms with Gasteiger partial charge >= 0.3 is 0 Å². The van der Waals surface area contributed by atoms with Crippen molar-refractivity contribution in [2.45, 2.75) is 18.9 Å². The zero-order chi connectivity index (χ0) is 15.4. The Hall–Kier alpha value is -1.78. The molecule has 22 heavy (non-hydrogen) atoms. The summed E-state index contributed by atoms with van der Waals surface area (Å²) in [5.74, 6) is 0.861. The fraction of sp³-hybridized carbons (Fsp3) is 0.353. The first kappa shape index (κ1) is 15.1. The molecule has 1 aromatic heterocycles. The lowest BCUT2D eigenvalue weighted by atomic mass is 10.1. The molecule has 0 spiro atoms. The van der Waals surface area contributed by atoms with Gasteiger partial charge in [0.05, 0.1) is 25.9 Å². The molecule has 0 saturated carbocycles. The van der Waals surface area contributed by atoms with Gasteiger partial charge in [0.1, 0.15) is 0 Å². The monoisotopic (exact) mass is 319 g/mol. The number of benzene rings is 1. The molecule has 116 valence electrons. The molecule has 0 unspecified atom stereocenters. The van der Waals surface area contributed by atoms with E-state index in [1.165, 1.54) is 17.7 Å². The molecule has 0 bridgehead atoms. The third-order valence-electron chi connectivity index (χ3n) is 4.20. The number of likely N-dealkylation sites (tertiary alicyclic amines) is 1. The molecule has 0 radical (unpaired) electrons. The van der Waals surface area contributed by atoms with Gasteiger partial charge in [-0.1, -0.05) is 11.6 Å². The van der Waals surface area contributed by atoms with Crippen LogP contribution in [0, 0.1) is 0 Å². The number of carbonyl (C=O) groups is 1. The standard InChI is InChI=1S/C17H19ClN2O2/c18-14-7-5-13(6-8-14)17(21)19-12-15(16-4-3-11-22-16)20-9-1-2-10-20/h3-8,11,15H,1-2,9-10,12H2,(H,19,21)/p+1/t15-/m0/s1. The number of halogens is 1. The van der Waals surface area contributed by atoms with Gasteiger partial charge in [-0.3, -0.25) is 4.79 Å². The average molecular weight is 320 g/mol. The second kappa shape index (κ2) is 6.99. The van der Waals surface area contributed by atoms with Crippen LogP contribution in [0.4, 0.5) is 0 Å². The average Bonchev–Trinajstić information content (AvgIpc) is 3.22. The molecule has 4 nitrogen and oxygen atoms in total. The molecule has 1 saturated heterocycles. The summed E-state index contributed by atoms with van der Waals surface area (Å²) in [5.41, 5.74) is 0.624. The van der Waals surface area contributed by atoms with Crippen molar-refractivity contribution in [3.63, 3.8) is 0 Å². The molecule has 2 N–H and O–H groups in total. The number of amides is 1. The van der Waals surface area contributed by atoms with Crippen molar-refractivity contribution in [2.75, 3.05) is 19.6 Å². The number of carbonyl (C=O) groups excluding carboxylic acids is 1. The van der Waals surface area contributed by atoms with Crippen molar-refractivity contribution in [3.8, 4) is 0 Å². The molecule has 2 heterocycles. The van der Waals surface area contributed by atoms with Crippen molar-refractivity contribution in [1.29, 1.82) is 0 Å². The lowest BCUT2D eigenvalue weighted by Gasteiger charge is -2.23. The van der Waals surface area contributed by atoms with E-state index in [2.05, 4.69) is 5.32 Å². The second-order valence-electron chi connectivity index (χ2n) is 5.65. The Balaban J connectivity index is 1.66. The fourth-order valence-electron chi connectivity index (χ4n) is 3.01. The van der Waals surface area contributed by atoms with E-state index >= 15 is 0 Å². The van der Waals surface area contributed by atoms with Gasteiger partial charge in [0.2, 0.25) is 0 Å². The molecule has 1 aliphatic rings. The highest BCUT2D eigenvalue weighted by Gasteiger charge is 2.29. The van der Waals surface area contributed by atoms with Gasteiger partial charge in [-0.2, -0.15) is 0 Å². The summed E-state index contributed by atoms with van der Waals surface area (Å²) in [6, 6.07) is 11.0. The van der Waals surface area contributed by atoms with Gasteiger partial charge in [-0.05, 0) is 36.4 Å². The number of nitrogens with one attached hydrogen (secondary N) is 2. The number of hydrogen-bond donors (Lipinski definition) is 2. The van der Waals surface area contributed by atoms with Crippen molar-refractivity contribution in [3.05, 3.63) is 59.0 Å². The SMILES string of the molecule is O=C(NC[C@@H](c1ccco1)[NH+]1CCCC1)c1ccc(Cl)cc1. The molecule has 1 fully saturated rings. The highest BCUT2D eigenvalue weighted by molar-refractivity contribution is 6.30. The molecular formula is C17H20ClN2O2+. The van der Waals surface area contributed by atoms with Crippen molar-refractivity contribution in [1.82, 2.24) is 5.32 Å². The maximum absolute atomic E-state index is 12.3. The molecule has 1 aromatic carbocycles. The Bertz CT molecular complexity index is 604. The normalized spacial score (nSPS) is 16.6. The van der Waals surface area contributed by atoms with Crippen molar-refractivity contribution < 1.29 is 14.1 Å². The van der Waals surface area contributed by atoms with E-state index in [0.717, 1.165) is 18.8 Å². The summed E-state index contributed by atoms with van der Waals surface area (Å²) >= 11 is 5.85. The van der Waals surface area contributed by atoms with Crippen LogP contribution in [0.3, 0.4) is 0 Å². The van der Waals surface area contributed by atoms with Crippen LogP contribution >= 0.6 is 11.6 Å². The van der Waals surface area contributed by atoms with Crippen LogP contribution in [-0.4, -0.2) is 25.5 Å². The maximum Gasteiger partial charge on any atom is 0.251 e. The molecular weight excluding hydrogens is 300 g/mol. The highest BCUT2D eigenvalue weighted by atomic mass is 35.5. The first-order valence-corrected chi connectivity index (χ1v) is 8.03. The fourth-order valence-corrected chi connectivity index (χ4v) is 3.14. The van der Waals surface area contributed by atoms with Crippen LogP contribution < -0.4 is 10.2 Å². The third kappa shape index (κ3) is 3.51. The summed E-state index contributed by atoms with van der Waals surface area (Å²) in [6.45, 7) is 2.83. The third-order valence-corrected chi connectivity index (χ3v) is 4.45. The summed E-state index contributed by atoms with van der Waals surface area (Å²) in [7, 11) is 0. The summed E-state index contributed by atoms with van der Waals surface area (Å²) < 4.78 is 5.57. The lowest BCUT2D eigenvalue weighted by molar-refractivity contribution is -0.919. The van der Waals surface area contributed by atoms with E-state index < -0.39 is 0 Å². The Morgan fingerprint density at radius 1 is 1.23 bits per heavy atom. The molecule has 5 heteroatoms. The first-order chi connectivity index (χ1) is 10.7. The molecule has 2 aromatic rings. The van der Waals surface area contributed by atoms with Gasteiger partial charge in [0, 0.05) is 23.4 Å². The minimum atomic E-state index is -0.0770. The van der Waals surface area contributed by atoms with E-state index in [4.69, 9.17) is 16.0 Å². The van der Waals surface area contributed by atoms with Gasteiger partial charge in [0.15, 0.2) is 11.8 Å². The number of hydrogen-bond acceptors (Lipinski definition) is 2. The molecule has 1 amide bonds. The van der Waals surface area contributed by atoms with Gasteiger partial charge < -0.3 is 14.6 Å². The van der Waals surface area contributed by atoms with Crippen LogP contribution in [0.5, 0.6) is 0 Å². The van der Waals surface area contributed by atoms with Gasteiger partial charge in [-0.15, -0.1) is 0 Å². The molecule has 3 rings (SSSR count). The van der Waals surface area contributed by atoms with Crippen molar-refractivity contribution >= 4 is 17.5 Å². The quantitative estimate of drug-likeness (QED) is 0.886. The molecule has 0 aliphatic carbocycles. The Morgan fingerprint density at radius 3 is 2.59 bits per heavy atom. The highest BCUT2D eigenvalue weighted by Crippen LogP contribution is 2.12. The minimum absolute atomic E-state index is 0.0770. The zero-order valence-electron chi connectivity index (χ0n) is 12.3. The summed E-state index contributed by atoms with van der Waals surface area (Å²) in [5, 5.41) is 3.65. The maximum atomic E-state index is 12.3. The van der Waals surface area contributed by atoms with Gasteiger partial charge in [0.25, 0.3) is 5.91 Å². The van der Waals surface area contributed by atoms with Crippen molar-refractivity contribution in [2.24, 2.45) is 0 Å². The van der Waals surface area contributed by atoms with Crippen LogP contribution in [0.25, 0.3) is 0 Å². The van der Waals surface area contributed by atoms with Crippen LogP contribution in [0.15, 0.2) is 47.1 Å². The summed E-state index contributed by atoms with van der Waals surface area (Å²) in [6.07, 6.45) is 4.16. The number of quaternary nitrogens is 1.